The van der Waals surface area contributed by atoms with E-state index in [4.69, 9.17) is 19.2 Å². The molecule has 0 aromatic heterocycles. The molecule has 0 aromatic carbocycles. The third kappa shape index (κ3) is 79.8. The molecule has 0 bridgehead atoms. The summed E-state index contributed by atoms with van der Waals surface area (Å²) in [6.07, 6.45) is 0. The van der Waals surface area contributed by atoms with Crippen molar-refractivity contribution in [3.8, 4) is 0 Å². The van der Waals surface area contributed by atoms with Gasteiger partial charge in [-0.15, -0.1) is 0 Å². The molecule has 0 rings (SSSR count). The molecule has 0 aliphatic carbocycles. The standard InChI is InChI=1S/H4O4Si.2Zr/c1-5(2,3)4;;/h1-4H;;. The quantitative estimate of drug-likeness (QED) is 0.366. The molecule has 0 aromatic rings. The van der Waals surface area contributed by atoms with Crippen LogP contribution in [0.15, 0.2) is 0 Å². The Bertz CT molecular complexity index is 25.2. The molecular formula is H4O4SiZr2. The maximum absolute atomic E-state index is 7.33. The van der Waals surface area contributed by atoms with Crippen LogP contribution in [-0.2, 0) is 52.4 Å². The van der Waals surface area contributed by atoms with Gasteiger partial charge < -0.3 is 19.2 Å². The van der Waals surface area contributed by atoms with Gasteiger partial charge in [0, 0.05) is 52.4 Å². The van der Waals surface area contributed by atoms with Gasteiger partial charge in [0.15, 0.2) is 0 Å². The molecule has 40 valence electrons. The summed E-state index contributed by atoms with van der Waals surface area (Å²) in [7, 11) is -4.61. The molecule has 0 aliphatic heterocycles. The molecule has 0 spiro atoms. The Balaban J connectivity index is -0.0000000800. The first-order valence-electron chi connectivity index (χ1n) is 0.894. The van der Waals surface area contributed by atoms with Crippen molar-refractivity contribution < 1.29 is 71.6 Å². The fourth-order valence-corrected chi connectivity index (χ4v) is 0. The molecule has 0 amide bonds. The van der Waals surface area contributed by atoms with Crippen molar-refractivity contribution in [1.29, 1.82) is 0 Å². The van der Waals surface area contributed by atoms with Gasteiger partial charge in [-0.2, -0.15) is 0 Å². The van der Waals surface area contributed by atoms with Crippen LogP contribution < -0.4 is 0 Å². The first-order chi connectivity index (χ1) is 2.00. The second-order valence-corrected chi connectivity index (χ2v) is 1.80. The van der Waals surface area contributed by atoms with Crippen LogP contribution in [0.25, 0.3) is 0 Å². The van der Waals surface area contributed by atoms with E-state index in [0.29, 0.717) is 0 Å². The van der Waals surface area contributed by atoms with Crippen molar-refractivity contribution in [2.45, 2.75) is 0 Å². The SMILES string of the molecule is O[Si](O)(O)O.[Zr].[Zr]. The third-order valence-electron chi connectivity index (χ3n) is 0. The predicted molar refractivity (Wildman–Crippen MR) is 14.6 cm³/mol. The zero-order valence-electron chi connectivity index (χ0n) is 3.29. The minimum absolute atomic E-state index is 0. The predicted octanol–water partition coefficient (Wildman–Crippen LogP) is -2.61. The van der Waals surface area contributed by atoms with Crippen molar-refractivity contribution in [3.05, 3.63) is 0 Å². The molecule has 4 nitrogen and oxygen atoms in total. The van der Waals surface area contributed by atoms with Crippen molar-refractivity contribution >= 4 is 9.05 Å². The summed E-state index contributed by atoms with van der Waals surface area (Å²) in [6, 6.07) is 0. The van der Waals surface area contributed by atoms with E-state index in [-0.39, 0.29) is 52.4 Å². The van der Waals surface area contributed by atoms with Crippen LogP contribution in [0.3, 0.4) is 0 Å². The van der Waals surface area contributed by atoms with E-state index in [1.54, 1.807) is 0 Å². The fraction of sp³-hybridized carbons (Fsp3) is 0. The maximum atomic E-state index is 7.33. The van der Waals surface area contributed by atoms with Gasteiger partial charge in [-0.25, -0.2) is 0 Å². The van der Waals surface area contributed by atoms with Crippen molar-refractivity contribution in [3.63, 3.8) is 0 Å². The molecule has 0 fully saturated rings. The molecule has 7 heteroatoms. The molecule has 0 aliphatic rings. The Labute approximate surface area is 79.9 Å². The summed E-state index contributed by atoms with van der Waals surface area (Å²) in [5, 5.41) is 0. The van der Waals surface area contributed by atoms with Crippen LogP contribution in [0.2, 0.25) is 0 Å². The largest absolute Gasteiger partial charge is 0.668 e. The van der Waals surface area contributed by atoms with Gasteiger partial charge in [0.05, 0.1) is 0 Å². The van der Waals surface area contributed by atoms with Gasteiger partial charge in [-0.1, -0.05) is 0 Å². The summed E-state index contributed by atoms with van der Waals surface area (Å²) >= 11 is 0. The molecule has 0 unspecified atom stereocenters. The maximum Gasteiger partial charge on any atom is 0.668 e. The first-order valence-corrected chi connectivity index (χ1v) is 2.68. The van der Waals surface area contributed by atoms with E-state index < -0.39 is 9.05 Å². The monoisotopic (exact) mass is 276 g/mol. The third-order valence-corrected chi connectivity index (χ3v) is 0. The van der Waals surface area contributed by atoms with E-state index in [2.05, 4.69) is 0 Å². The Morgan fingerprint density at radius 1 is 0.714 bits per heavy atom. The Kier molecular flexibility index (Phi) is 13.5. The molecule has 0 heterocycles. The molecule has 0 atom stereocenters. The van der Waals surface area contributed by atoms with Gasteiger partial charge >= 0.3 is 9.05 Å². The van der Waals surface area contributed by atoms with Crippen LogP contribution in [0.4, 0.5) is 0 Å². The van der Waals surface area contributed by atoms with Crippen molar-refractivity contribution in [2.24, 2.45) is 0 Å². The molecule has 0 saturated heterocycles. The van der Waals surface area contributed by atoms with Crippen molar-refractivity contribution in [1.82, 2.24) is 0 Å². The van der Waals surface area contributed by atoms with E-state index in [0.717, 1.165) is 0 Å². The summed E-state index contributed by atoms with van der Waals surface area (Å²) in [5.74, 6) is 0. The number of hydrogen-bond acceptors (Lipinski definition) is 4. The van der Waals surface area contributed by atoms with Crippen LogP contribution in [-0.4, -0.2) is 28.2 Å². The number of rotatable bonds is 0. The average molecular weight is 279 g/mol. The normalized spacial score (nSPS) is 8.57. The fourth-order valence-electron chi connectivity index (χ4n) is 0. The smallest absolute Gasteiger partial charge is 0.368 e. The van der Waals surface area contributed by atoms with E-state index >= 15 is 0 Å². The van der Waals surface area contributed by atoms with Crippen molar-refractivity contribution in [2.75, 3.05) is 0 Å². The van der Waals surface area contributed by atoms with E-state index in [1.165, 1.54) is 0 Å². The molecule has 0 saturated carbocycles. The molecular weight excluding hydrogens is 275 g/mol. The summed E-state index contributed by atoms with van der Waals surface area (Å²) in [4.78, 5) is 29.3. The van der Waals surface area contributed by atoms with Gasteiger partial charge in [-0.05, 0) is 0 Å². The Morgan fingerprint density at radius 2 is 0.714 bits per heavy atom. The molecule has 7 heavy (non-hydrogen) atoms. The second-order valence-electron chi connectivity index (χ2n) is 0.600. The zero-order valence-corrected chi connectivity index (χ0v) is 9.20. The number of hydrogen-bond donors (Lipinski definition) is 4. The van der Waals surface area contributed by atoms with Crippen LogP contribution in [0.1, 0.15) is 0 Å². The minimum Gasteiger partial charge on any atom is -0.368 e. The first kappa shape index (κ1) is 15.9. The second kappa shape index (κ2) is 5.95. The van der Waals surface area contributed by atoms with Crippen LogP contribution in [0.5, 0.6) is 0 Å². The Morgan fingerprint density at radius 3 is 0.714 bits per heavy atom. The van der Waals surface area contributed by atoms with E-state index in [9.17, 15) is 0 Å². The van der Waals surface area contributed by atoms with Crippen LogP contribution >= 0.6 is 0 Å². The van der Waals surface area contributed by atoms with Gasteiger partial charge in [-0.3, -0.25) is 0 Å². The van der Waals surface area contributed by atoms with Gasteiger partial charge in [0.1, 0.15) is 0 Å². The average Bonchev–Trinajstić information content (AvgIpc) is 0.722. The summed E-state index contributed by atoms with van der Waals surface area (Å²) in [5.41, 5.74) is 0. The van der Waals surface area contributed by atoms with Gasteiger partial charge in [0.2, 0.25) is 0 Å². The summed E-state index contributed by atoms with van der Waals surface area (Å²) < 4.78 is 0. The summed E-state index contributed by atoms with van der Waals surface area (Å²) in [6.45, 7) is 0. The van der Waals surface area contributed by atoms with Crippen LogP contribution in [0, 0.1) is 0 Å². The minimum atomic E-state index is -4.61. The Hall–Kier alpha value is 1.82. The topological polar surface area (TPSA) is 80.9 Å². The van der Waals surface area contributed by atoms with E-state index in [1.807, 2.05) is 0 Å². The molecule has 4 N–H and O–H groups in total. The zero-order chi connectivity index (χ0) is 4.50. The molecule has 0 radical (unpaired) electrons. The van der Waals surface area contributed by atoms with Gasteiger partial charge in [0.25, 0.3) is 0 Å².